The predicted molar refractivity (Wildman–Crippen MR) is 132 cm³/mol. The minimum Gasteiger partial charge on any atom is -0.457 e. The fourth-order valence-electron chi connectivity index (χ4n) is 3.17. The number of likely N-dealkylation sites (N-methyl/N-ethyl adjacent to an activating group) is 1. The maximum Gasteiger partial charge on any atom is 0.262 e. The van der Waals surface area contributed by atoms with Crippen molar-refractivity contribution in [2.24, 2.45) is 0 Å². The number of benzene rings is 2. The molecule has 3 aromatic rings. The number of hydrogen-bond donors (Lipinski definition) is 2. The molecular weight excluding hydrogens is 498 g/mol. The van der Waals surface area contributed by atoms with Crippen LogP contribution >= 0.6 is 23.4 Å². The van der Waals surface area contributed by atoms with Crippen molar-refractivity contribution >= 4 is 39.3 Å². The molecule has 0 saturated heterocycles. The smallest absolute Gasteiger partial charge is 0.262 e. The van der Waals surface area contributed by atoms with Gasteiger partial charge in [-0.15, -0.1) is 0 Å². The zero-order chi connectivity index (χ0) is 24.7. The van der Waals surface area contributed by atoms with Crippen molar-refractivity contribution in [3.63, 3.8) is 0 Å². The third-order valence-corrected chi connectivity index (χ3v) is 8.34. The summed E-state index contributed by atoms with van der Waals surface area (Å²) >= 11 is 7.23. The number of halogens is 1. The van der Waals surface area contributed by atoms with Crippen molar-refractivity contribution in [2.75, 3.05) is 7.05 Å². The summed E-state index contributed by atoms with van der Waals surface area (Å²) in [5.74, 6) is 0.639. The number of amides is 1. The van der Waals surface area contributed by atoms with Crippen molar-refractivity contribution in [3.05, 3.63) is 83.6 Å². The Morgan fingerprint density at radius 2 is 1.74 bits per heavy atom. The van der Waals surface area contributed by atoms with Gasteiger partial charge < -0.3 is 4.74 Å². The fraction of sp³-hybridized carbons (Fsp3) is 0.217. The van der Waals surface area contributed by atoms with Crippen LogP contribution in [0.25, 0.3) is 0 Å². The molecule has 1 aromatic heterocycles. The highest BCUT2D eigenvalue weighted by molar-refractivity contribution is 7.99. The van der Waals surface area contributed by atoms with Gasteiger partial charge in [-0.1, -0.05) is 24.6 Å². The highest BCUT2D eigenvalue weighted by Crippen LogP contribution is 2.28. The Bertz CT molecular complexity index is 1190. The minimum atomic E-state index is -4.06. The van der Waals surface area contributed by atoms with Crippen LogP contribution in [0.15, 0.2) is 77.8 Å². The number of hydrogen-bond acceptors (Lipinski definition) is 7. The van der Waals surface area contributed by atoms with Gasteiger partial charge in [0.1, 0.15) is 17.5 Å². The van der Waals surface area contributed by atoms with Gasteiger partial charge in [0.15, 0.2) is 0 Å². The van der Waals surface area contributed by atoms with E-state index in [0.29, 0.717) is 22.3 Å². The van der Waals surface area contributed by atoms with E-state index in [-0.39, 0.29) is 4.90 Å². The van der Waals surface area contributed by atoms with Crippen LogP contribution < -0.4 is 10.2 Å². The van der Waals surface area contributed by atoms with Gasteiger partial charge in [-0.3, -0.25) is 15.0 Å². The number of nitrogens with one attached hydrogen (secondary N) is 1. The molecule has 0 aliphatic carbocycles. The van der Waals surface area contributed by atoms with Gasteiger partial charge in [0.25, 0.3) is 5.91 Å². The van der Waals surface area contributed by atoms with E-state index in [1.807, 2.05) is 12.1 Å². The molecule has 3 rings (SSSR count). The third-order valence-electron chi connectivity index (χ3n) is 4.99. The average molecular weight is 522 g/mol. The lowest BCUT2D eigenvalue weighted by Crippen LogP contribution is -2.51. The van der Waals surface area contributed by atoms with Crippen LogP contribution in [-0.2, 0) is 20.6 Å². The van der Waals surface area contributed by atoms with Crippen LogP contribution in [-0.4, -0.2) is 47.2 Å². The first kappa shape index (κ1) is 26.0. The molecule has 0 aliphatic heterocycles. The molecule has 0 radical (unpaired) electrons. The highest BCUT2D eigenvalue weighted by atomic mass is 35.5. The molecule has 11 heteroatoms. The number of pyridine rings is 1. The van der Waals surface area contributed by atoms with E-state index in [1.165, 1.54) is 43.1 Å². The molecule has 1 unspecified atom stereocenters. The van der Waals surface area contributed by atoms with E-state index in [2.05, 4.69) is 4.98 Å². The fourth-order valence-corrected chi connectivity index (χ4v) is 5.85. The maximum atomic E-state index is 13.3. The molecule has 1 heterocycles. The number of carbonyl (C=O) groups excluding carboxylic acids is 1. The second-order valence-electron chi connectivity index (χ2n) is 7.31. The average Bonchev–Trinajstić information content (AvgIpc) is 2.85. The third kappa shape index (κ3) is 6.49. The molecule has 180 valence electrons. The van der Waals surface area contributed by atoms with E-state index in [1.54, 1.807) is 48.9 Å². The van der Waals surface area contributed by atoms with Crippen LogP contribution in [0.1, 0.15) is 12.6 Å². The SMILES string of the molecule is C[C@@H](SCc1ccccn1)C(C(=O)NO)N(C)S(=O)(=O)c1ccc(Oc2ccc(Cl)cc2)cc1. The monoisotopic (exact) mass is 521 g/mol. The summed E-state index contributed by atoms with van der Waals surface area (Å²) in [4.78, 5) is 16.7. The molecule has 2 aromatic carbocycles. The summed E-state index contributed by atoms with van der Waals surface area (Å²) in [6, 6.07) is 16.9. The molecule has 2 N–H and O–H groups in total. The zero-order valence-electron chi connectivity index (χ0n) is 18.5. The Morgan fingerprint density at radius 1 is 1.12 bits per heavy atom. The highest BCUT2D eigenvalue weighted by Gasteiger charge is 2.37. The van der Waals surface area contributed by atoms with E-state index >= 15 is 0 Å². The number of carbonyl (C=O) groups is 1. The lowest BCUT2D eigenvalue weighted by Gasteiger charge is -2.30. The van der Waals surface area contributed by atoms with Gasteiger partial charge in [0, 0.05) is 29.3 Å². The molecule has 0 aliphatic rings. The Hall–Kier alpha value is -2.63. The Balaban J connectivity index is 1.75. The van der Waals surface area contributed by atoms with E-state index in [9.17, 15) is 18.4 Å². The van der Waals surface area contributed by atoms with Gasteiger partial charge >= 0.3 is 0 Å². The Labute approximate surface area is 207 Å². The van der Waals surface area contributed by atoms with Gasteiger partial charge in [0.2, 0.25) is 10.0 Å². The molecule has 0 fully saturated rings. The first-order chi connectivity index (χ1) is 16.2. The molecular formula is C23H24ClN3O5S2. The first-order valence-corrected chi connectivity index (χ1v) is 13.1. The summed E-state index contributed by atoms with van der Waals surface area (Å²) in [5, 5.41) is 9.34. The number of aromatic nitrogens is 1. The van der Waals surface area contributed by atoms with Crippen LogP contribution in [0, 0.1) is 0 Å². The van der Waals surface area contributed by atoms with Crippen molar-refractivity contribution in [1.82, 2.24) is 14.8 Å². The maximum absolute atomic E-state index is 13.3. The number of sulfonamides is 1. The molecule has 34 heavy (non-hydrogen) atoms. The molecule has 8 nitrogen and oxygen atoms in total. The molecule has 2 atom stereocenters. The molecule has 1 amide bonds. The number of nitrogens with zero attached hydrogens (tertiary/aromatic N) is 2. The summed E-state index contributed by atoms with van der Waals surface area (Å²) in [6.45, 7) is 1.72. The number of rotatable bonds is 10. The van der Waals surface area contributed by atoms with Gasteiger partial charge in [-0.2, -0.15) is 16.1 Å². The molecule has 0 spiro atoms. The van der Waals surface area contributed by atoms with Crippen molar-refractivity contribution in [2.45, 2.75) is 28.9 Å². The van der Waals surface area contributed by atoms with E-state index in [4.69, 9.17) is 16.3 Å². The normalized spacial score (nSPS) is 13.3. The zero-order valence-corrected chi connectivity index (χ0v) is 20.8. The van der Waals surface area contributed by atoms with Crippen LogP contribution in [0.2, 0.25) is 5.02 Å². The van der Waals surface area contributed by atoms with Crippen molar-refractivity contribution in [1.29, 1.82) is 0 Å². The predicted octanol–water partition coefficient (Wildman–Crippen LogP) is 4.34. The van der Waals surface area contributed by atoms with E-state index < -0.39 is 27.2 Å². The second kappa shape index (κ2) is 11.7. The first-order valence-electron chi connectivity index (χ1n) is 10.2. The summed E-state index contributed by atoms with van der Waals surface area (Å²) < 4.78 is 33.2. The number of ether oxygens (including phenoxy) is 1. The van der Waals surface area contributed by atoms with Crippen molar-refractivity contribution in [3.8, 4) is 11.5 Å². The molecule has 0 bridgehead atoms. The van der Waals surface area contributed by atoms with Crippen molar-refractivity contribution < 1.29 is 23.2 Å². The van der Waals surface area contributed by atoms with Crippen LogP contribution in [0.4, 0.5) is 0 Å². The number of thioether (sulfide) groups is 1. The van der Waals surface area contributed by atoms with Gasteiger partial charge in [0.05, 0.1) is 10.6 Å². The molecule has 0 saturated carbocycles. The summed E-state index contributed by atoms with van der Waals surface area (Å²) in [6.07, 6.45) is 1.66. The number of hydroxylamine groups is 1. The van der Waals surface area contributed by atoms with Crippen LogP contribution in [0.5, 0.6) is 11.5 Å². The lowest BCUT2D eigenvalue weighted by atomic mass is 10.2. The van der Waals surface area contributed by atoms with E-state index in [0.717, 1.165) is 10.00 Å². The Morgan fingerprint density at radius 3 is 2.29 bits per heavy atom. The second-order valence-corrected chi connectivity index (χ2v) is 11.1. The van der Waals surface area contributed by atoms with Gasteiger partial charge in [-0.25, -0.2) is 13.9 Å². The van der Waals surface area contributed by atoms with Crippen LogP contribution in [0.3, 0.4) is 0 Å². The Kier molecular flexibility index (Phi) is 8.92. The summed E-state index contributed by atoms with van der Waals surface area (Å²) in [7, 11) is -2.75. The standard InChI is InChI=1S/C23H24ClN3O5S2/c1-16(33-15-18-5-3-4-14-25-18)22(23(28)26-29)27(2)34(30,31)21-12-10-20(11-13-21)32-19-8-6-17(24)7-9-19/h3-14,16,22,29H,15H2,1-2H3,(H,26,28)/t16-,22?/m1/s1. The summed E-state index contributed by atoms with van der Waals surface area (Å²) in [5.41, 5.74) is 2.38. The lowest BCUT2D eigenvalue weighted by molar-refractivity contribution is -0.132. The largest absolute Gasteiger partial charge is 0.457 e. The minimum absolute atomic E-state index is 0.0175. The topological polar surface area (TPSA) is 109 Å². The quantitative estimate of drug-likeness (QED) is 0.301. The van der Waals surface area contributed by atoms with Gasteiger partial charge in [-0.05, 0) is 60.7 Å².